The van der Waals surface area contributed by atoms with E-state index < -0.39 is 0 Å². The first-order chi connectivity index (χ1) is 3.97. The van der Waals surface area contributed by atoms with E-state index in [4.69, 9.17) is 0 Å². The van der Waals surface area contributed by atoms with Gasteiger partial charge >= 0.3 is 0 Å². The SMILES string of the molecule is Cl.Cl.c1cn2c(n1)SCC2. The van der Waals surface area contributed by atoms with Crippen LogP contribution in [0.3, 0.4) is 0 Å². The summed E-state index contributed by atoms with van der Waals surface area (Å²) in [6, 6.07) is 0. The van der Waals surface area contributed by atoms with E-state index in [-0.39, 0.29) is 24.8 Å². The Kier molecular flexibility index (Phi) is 4.17. The smallest absolute Gasteiger partial charge is 0.168 e. The van der Waals surface area contributed by atoms with Gasteiger partial charge in [0.05, 0.1) is 0 Å². The van der Waals surface area contributed by atoms with E-state index in [1.54, 1.807) is 0 Å². The van der Waals surface area contributed by atoms with Crippen molar-refractivity contribution in [3.05, 3.63) is 12.4 Å². The highest BCUT2D eigenvalue weighted by Gasteiger charge is 2.08. The van der Waals surface area contributed by atoms with Crippen LogP contribution in [0.2, 0.25) is 0 Å². The fourth-order valence-corrected chi connectivity index (χ4v) is 1.77. The highest BCUT2D eigenvalue weighted by Crippen LogP contribution is 2.21. The average molecular weight is 199 g/mol. The molecule has 2 nitrogen and oxygen atoms in total. The Hall–Kier alpha value is 0.140. The highest BCUT2D eigenvalue weighted by molar-refractivity contribution is 7.99. The van der Waals surface area contributed by atoms with E-state index in [0.29, 0.717) is 0 Å². The van der Waals surface area contributed by atoms with Gasteiger partial charge in [-0.05, 0) is 0 Å². The van der Waals surface area contributed by atoms with Crippen LogP contribution in [0.1, 0.15) is 0 Å². The Bertz CT molecular complexity index is 183. The summed E-state index contributed by atoms with van der Waals surface area (Å²) in [5.41, 5.74) is 0. The van der Waals surface area contributed by atoms with E-state index in [1.165, 1.54) is 10.9 Å². The second-order valence-electron chi connectivity index (χ2n) is 1.75. The fraction of sp³-hybridized carbons (Fsp3) is 0.400. The molecule has 0 bridgehead atoms. The molecule has 0 saturated carbocycles. The van der Waals surface area contributed by atoms with Crippen molar-refractivity contribution in [3.8, 4) is 0 Å². The maximum absolute atomic E-state index is 4.12. The zero-order valence-electron chi connectivity index (χ0n) is 5.19. The summed E-state index contributed by atoms with van der Waals surface area (Å²) in [4.78, 5) is 4.12. The zero-order valence-corrected chi connectivity index (χ0v) is 7.64. The molecular formula is C5H8Cl2N2S. The average Bonchev–Trinajstić information content (AvgIpc) is 2.15. The normalized spacial score (nSPS) is 13.2. The number of hydrogen-bond donors (Lipinski definition) is 0. The summed E-state index contributed by atoms with van der Waals surface area (Å²) in [6.07, 6.45) is 3.87. The lowest BCUT2D eigenvalue weighted by Gasteiger charge is -1.86. The molecule has 0 atom stereocenters. The van der Waals surface area contributed by atoms with Gasteiger partial charge in [0.15, 0.2) is 5.16 Å². The molecule has 0 unspecified atom stereocenters. The van der Waals surface area contributed by atoms with Gasteiger partial charge in [-0.25, -0.2) is 4.98 Å². The molecule has 0 N–H and O–H groups in total. The van der Waals surface area contributed by atoms with E-state index in [9.17, 15) is 0 Å². The third kappa shape index (κ3) is 1.59. The molecule has 1 aromatic rings. The van der Waals surface area contributed by atoms with Crippen LogP contribution in [0, 0.1) is 0 Å². The summed E-state index contributed by atoms with van der Waals surface area (Å²) in [6.45, 7) is 1.14. The number of rotatable bonds is 0. The Morgan fingerprint density at radius 2 is 2.30 bits per heavy atom. The summed E-state index contributed by atoms with van der Waals surface area (Å²) >= 11 is 1.83. The molecule has 0 aliphatic carbocycles. The number of aromatic nitrogens is 2. The Morgan fingerprint density at radius 3 is 3.00 bits per heavy atom. The number of halogens is 2. The lowest BCUT2D eigenvalue weighted by molar-refractivity contribution is 0.719. The van der Waals surface area contributed by atoms with Crippen LogP contribution in [0.25, 0.3) is 0 Å². The van der Waals surface area contributed by atoms with Crippen molar-refractivity contribution in [1.29, 1.82) is 0 Å². The molecule has 2 heterocycles. The number of imidazole rings is 1. The first-order valence-electron chi connectivity index (χ1n) is 2.61. The van der Waals surface area contributed by atoms with Gasteiger partial charge in [-0.3, -0.25) is 0 Å². The number of nitrogens with zero attached hydrogens (tertiary/aromatic N) is 2. The molecule has 0 spiro atoms. The molecule has 10 heavy (non-hydrogen) atoms. The lowest BCUT2D eigenvalue weighted by Crippen LogP contribution is -1.88. The predicted octanol–water partition coefficient (Wildman–Crippen LogP) is 1.83. The summed E-state index contributed by atoms with van der Waals surface area (Å²) < 4.78 is 2.17. The van der Waals surface area contributed by atoms with Crippen molar-refractivity contribution >= 4 is 36.6 Å². The van der Waals surface area contributed by atoms with Crippen LogP contribution in [-0.4, -0.2) is 15.3 Å². The maximum atomic E-state index is 4.12. The van der Waals surface area contributed by atoms with Crippen molar-refractivity contribution in [2.45, 2.75) is 11.7 Å². The van der Waals surface area contributed by atoms with Crippen molar-refractivity contribution in [2.75, 3.05) is 5.75 Å². The molecule has 0 radical (unpaired) electrons. The first-order valence-corrected chi connectivity index (χ1v) is 3.59. The molecular weight excluding hydrogens is 191 g/mol. The number of aryl methyl sites for hydroxylation is 1. The molecule has 58 valence electrons. The van der Waals surface area contributed by atoms with Crippen LogP contribution < -0.4 is 0 Å². The molecule has 1 aromatic heterocycles. The van der Waals surface area contributed by atoms with Crippen LogP contribution >= 0.6 is 36.6 Å². The predicted molar refractivity (Wildman–Crippen MR) is 47.4 cm³/mol. The summed E-state index contributed by atoms with van der Waals surface area (Å²) in [7, 11) is 0. The minimum absolute atomic E-state index is 0. The molecule has 1 aliphatic rings. The van der Waals surface area contributed by atoms with Gasteiger partial charge in [0.25, 0.3) is 0 Å². The van der Waals surface area contributed by atoms with Gasteiger partial charge in [-0.15, -0.1) is 24.8 Å². The monoisotopic (exact) mass is 198 g/mol. The largest absolute Gasteiger partial charge is 0.325 e. The third-order valence-corrected chi connectivity index (χ3v) is 2.23. The van der Waals surface area contributed by atoms with Gasteiger partial charge < -0.3 is 4.57 Å². The zero-order chi connectivity index (χ0) is 5.40. The van der Waals surface area contributed by atoms with Crippen molar-refractivity contribution in [3.63, 3.8) is 0 Å². The molecule has 2 rings (SSSR count). The highest BCUT2D eigenvalue weighted by atomic mass is 35.5. The Balaban J connectivity index is 0.000000405. The van der Waals surface area contributed by atoms with Crippen LogP contribution in [0.4, 0.5) is 0 Å². The van der Waals surface area contributed by atoms with Crippen molar-refractivity contribution in [2.24, 2.45) is 0 Å². The molecule has 0 amide bonds. The topological polar surface area (TPSA) is 17.8 Å². The van der Waals surface area contributed by atoms with Crippen LogP contribution in [0.5, 0.6) is 0 Å². The van der Waals surface area contributed by atoms with E-state index in [1.807, 2.05) is 24.2 Å². The second-order valence-corrected chi connectivity index (χ2v) is 2.81. The van der Waals surface area contributed by atoms with E-state index in [2.05, 4.69) is 9.55 Å². The van der Waals surface area contributed by atoms with Gasteiger partial charge in [-0.2, -0.15) is 0 Å². The standard InChI is InChI=1S/C5H6N2S.2ClH/c1-2-7-3-4-8-5(7)6-1;;/h1-2H,3-4H2;2*1H. The molecule has 5 heteroatoms. The number of thioether (sulfide) groups is 1. The van der Waals surface area contributed by atoms with E-state index in [0.717, 1.165) is 6.54 Å². The molecule has 1 aliphatic heterocycles. The third-order valence-electron chi connectivity index (χ3n) is 1.24. The minimum atomic E-state index is 0. The van der Waals surface area contributed by atoms with E-state index >= 15 is 0 Å². The Labute approximate surface area is 76.2 Å². The van der Waals surface area contributed by atoms with Crippen molar-refractivity contribution < 1.29 is 0 Å². The molecule has 0 aromatic carbocycles. The second kappa shape index (κ2) is 4.11. The molecule has 0 saturated heterocycles. The van der Waals surface area contributed by atoms with Gasteiger partial charge in [0.1, 0.15) is 0 Å². The number of fused-ring (bicyclic) bond motifs is 1. The van der Waals surface area contributed by atoms with Crippen LogP contribution in [-0.2, 0) is 6.54 Å². The fourth-order valence-electron chi connectivity index (χ4n) is 0.841. The van der Waals surface area contributed by atoms with Crippen molar-refractivity contribution in [1.82, 2.24) is 9.55 Å². The van der Waals surface area contributed by atoms with Gasteiger partial charge in [0.2, 0.25) is 0 Å². The number of hydrogen-bond acceptors (Lipinski definition) is 2. The summed E-state index contributed by atoms with van der Waals surface area (Å²) in [5.74, 6) is 1.20. The summed E-state index contributed by atoms with van der Waals surface area (Å²) in [5, 5.41) is 1.17. The van der Waals surface area contributed by atoms with Crippen LogP contribution in [0.15, 0.2) is 17.6 Å². The Morgan fingerprint density at radius 1 is 1.50 bits per heavy atom. The quantitative estimate of drug-likeness (QED) is 0.634. The van der Waals surface area contributed by atoms with Gasteiger partial charge in [0, 0.05) is 24.7 Å². The molecule has 0 fully saturated rings. The maximum Gasteiger partial charge on any atom is 0.168 e. The first kappa shape index (κ1) is 10.1. The van der Waals surface area contributed by atoms with Gasteiger partial charge in [-0.1, -0.05) is 11.8 Å². The minimum Gasteiger partial charge on any atom is -0.325 e. The lowest BCUT2D eigenvalue weighted by atomic mass is 10.7.